The van der Waals surface area contributed by atoms with Gasteiger partial charge in [0, 0.05) is 18.4 Å². The van der Waals surface area contributed by atoms with Crippen LogP contribution in [0.3, 0.4) is 0 Å². The van der Waals surface area contributed by atoms with Gasteiger partial charge in [0.15, 0.2) is 0 Å². The summed E-state index contributed by atoms with van der Waals surface area (Å²) in [6, 6.07) is 0. The summed E-state index contributed by atoms with van der Waals surface area (Å²) in [5, 5.41) is 0. The number of hydrogen-bond acceptors (Lipinski definition) is 6. The van der Waals surface area contributed by atoms with Crippen LogP contribution in [0.4, 0.5) is 0 Å². The molecular formula is C16H18O6. The molecule has 6 nitrogen and oxygen atoms in total. The summed E-state index contributed by atoms with van der Waals surface area (Å²) in [6.07, 6.45) is 4.75. The third-order valence-corrected chi connectivity index (χ3v) is 2.97. The molecule has 0 radical (unpaired) electrons. The number of carbonyl (C=O) groups excluding carboxylic acids is 4. The van der Waals surface area contributed by atoms with Crippen molar-refractivity contribution in [3.63, 3.8) is 0 Å². The maximum absolute atomic E-state index is 11.6. The highest BCUT2D eigenvalue weighted by atomic mass is 16.5. The standard InChI is InChI=1S/C16H18O6/c1-10(17)6-14(18)5-4-11-7-12(15(19)21-2)9-13(8-11)16(20)22-3/h4,7,9H,5-6,8H2,1-3H3. The van der Waals surface area contributed by atoms with Crippen molar-refractivity contribution in [1.82, 2.24) is 0 Å². The van der Waals surface area contributed by atoms with Crippen LogP contribution in [0.2, 0.25) is 0 Å². The number of hydrogen-bond donors (Lipinski definition) is 0. The minimum atomic E-state index is -0.581. The zero-order valence-corrected chi connectivity index (χ0v) is 12.8. The van der Waals surface area contributed by atoms with Gasteiger partial charge in [-0.15, -0.1) is 0 Å². The van der Waals surface area contributed by atoms with E-state index in [1.165, 1.54) is 27.2 Å². The summed E-state index contributed by atoms with van der Waals surface area (Å²) in [5.41, 5.74) is 1.13. The van der Waals surface area contributed by atoms with E-state index in [1.807, 2.05) is 0 Å². The van der Waals surface area contributed by atoms with E-state index in [0.29, 0.717) is 11.1 Å². The Balaban J connectivity index is 2.96. The van der Waals surface area contributed by atoms with Crippen LogP contribution in [0.15, 0.2) is 34.9 Å². The van der Waals surface area contributed by atoms with Gasteiger partial charge in [0.25, 0.3) is 0 Å². The molecule has 0 amide bonds. The fraction of sp³-hybridized carbons (Fsp3) is 0.375. The van der Waals surface area contributed by atoms with Crippen LogP contribution in [0.5, 0.6) is 0 Å². The quantitative estimate of drug-likeness (QED) is 0.545. The molecule has 1 aliphatic carbocycles. The molecule has 0 saturated heterocycles. The van der Waals surface area contributed by atoms with Crippen LogP contribution >= 0.6 is 0 Å². The third-order valence-electron chi connectivity index (χ3n) is 2.97. The smallest absolute Gasteiger partial charge is 0.337 e. The molecule has 118 valence electrons. The Morgan fingerprint density at radius 1 is 1.09 bits per heavy atom. The van der Waals surface area contributed by atoms with Gasteiger partial charge in [0.05, 0.1) is 26.2 Å². The Bertz CT molecular complexity index is 592. The zero-order valence-electron chi connectivity index (χ0n) is 12.8. The van der Waals surface area contributed by atoms with E-state index in [-0.39, 0.29) is 36.4 Å². The molecular weight excluding hydrogens is 288 g/mol. The number of Topliss-reactive ketones (excluding diaryl/α,β-unsaturated/α-hetero) is 2. The van der Waals surface area contributed by atoms with Gasteiger partial charge in [-0.2, -0.15) is 0 Å². The van der Waals surface area contributed by atoms with Gasteiger partial charge in [0.2, 0.25) is 0 Å². The van der Waals surface area contributed by atoms with Crippen LogP contribution in [-0.2, 0) is 28.7 Å². The number of methoxy groups -OCH3 is 2. The van der Waals surface area contributed by atoms with E-state index < -0.39 is 11.9 Å². The SMILES string of the molecule is COC(=O)C1=CC(=CCC(=O)CC(C)=O)CC(C(=O)OC)=C1. The average molecular weight is 306 g/mol. The van der Waals surface area contributed by atoms with E-state index >= 15 is 0 Å². The molecule has 0 saturated carbocycles. The van der Waals surface area contributed by atoms with E-state index in [4.69, 9.17) is 0 Å². The predicted octanol–water partition coefficient (Wildman–Crippen LogP) is 1.45. The average Bonchev–Trinajstić information content (AvgIpc) is 2.50. The first-order valence-electron chi connectivity index (χ1n) is 6.66. The van der Waals surface area contributed by atoms with Gasteiger partial charge < -0.3 is 9.47 Å². The van der Waals surface area contributed by atoms with Gasteiger partial charge >= 0.3 is 11.9 Å². The first-order chi connectivity index (χ1) is 10.4. The molecule has 0 aliphatic heterocycles. The van der Waals surface area contributed by atoms with Crippen LogP contribution in [0.1, 0.15) is 26.2 Å². The molecule has 6 heteroatoms. The van der Waals surface area contributed by atoms with Crippen molar-refractivity contribution in [1.29, 1.82) is 0 Å². The minimum Gasteiger partial charge on any atom is -0.466 e. The molecule has 0 aromatic rings. The largest absolute Gasteiger partial charge is 0.466 e. The lowest BCUT2D eigenvalue weighted by Gasteiger charge is -2.14. The monoisotopic (exact) mass is 306 g/mol. The van der Waals surface area contributed by atoms with E-state index in [0.717, 1.165) is 0 Å². The summed E-state index contributed by atoms with van der Waals surface area (Å²) in [6.45, 7) is 1.35. The highest BCUT2D eigenvalue weighted by molar-refractivity contribution is 5.99. The van der Waals surface area contributed by atoms with Crippen molar-refractivity contribution in [3.05, 3.63) is 34.9 Å². The van der Waals surface area contributed by atoms with Crippen molar-refractivity contribution in [2.24, 2.45) is 0 Å². The molecule has 0 spiro atoms. The van der Waals surface area contributed by atoms with E-state index in [2.05, 4.69) is 9.47 Å². The van der Waals surface area contributed by atoms with Crippen molar-refractivity contribution in [2.75, 3.05) is 14.2 Å². The van der Waals surface area contributed by atoms with E-state index in [1.54, 1.807) is 12.2 Å². The summed E-state index contributed by atoms with van der Waals surface area (Å²) >= 11 is 0. The van der Waals surface area contributed by atoms with Gasteiger partial charge in [0.1, 0.15) is 11.6 Å². The first kappa shape index (κ1) is 17.6. The second kappa shape index (κ2) is 8.07. The van der Waals surface area contributed by atoms with Crippen LogP contribution < -0.4 is 0 Å². The normalized spacial score (nSPS) is 15.7. The molecule has 0 unspecified atom stereocenters. The lowest BCUT2D eigenvalue weighted by molar-refractivity contribution is -0.136. The number of rotatable bonds is 6. The van der Waals surface area contributed by atoms with Crippen LogP contribution in [-0.4, -0.2) is 37.7 Å². The maximum atomic E-state index is 11.6. The van der Waals surface area contributed by atoms with Crippen molar-refractivity contribution in [2.45, 2.75) is 26.2 Å². The number of allylic oxidation sites excluding steroid dienone is 3. The second-order valence-electron chi connectivity index (χ2n) is 4.83. The summed E-state index contributed by atoms with van der Waals surface area (Å²) in [5.74, 6) is -1.55. The molecule has 1 aliphatic rings. The van der Waals surface area contributed by atoms with Crippen LogP contribution in [0, 0.1) is 0 Å². The number of carbonyl (C=O) groups is 4. The number of esters is 2. The Hall–Kier alpha value is -2.50. The molecule has 0 N–H and O–H groups in total. The number of ketones is 2. The minimum absolute atomic E-state index is 0.0638. The Labute approximate surface area is 128 Å². The molecule has 1 rings (SSSR count). The molecule has 0 heterocycles. The van der Waals surface area contributed by atoms with Gasteiger partial charge in [-0.05, 0) is 24.6 Å². The lowest BCUT2D eigenvalue weighted by atomic mass is 9.93. The Morgan fingerprint density at radius 3 is 2.27 bits per heavy atom. The molecule has 0 aromatic carbocycles. The molecule has 0 atom stereocenters. The first-order valence-corrected chi connectivity index (χ1v) is 6.66. The second-order valence-corrected chi connectivity index (χ2v) is 4.83. The highest BCUT2D eigenvalue weighted by Gasteiger charge is 2.20. The van der Waals surface area contributed by atoms with E-state index in [9.17, 15) is 19.2 Å². The summed E-state index contributed by atoms with van der Waals surface area (Å²) < 4.78 is 9.29. The van der Waals surface area contributed by atoms with Crippen molar-refractivity contribution >= 4 is 23.5 Å². The molecule has 0 aromatic heterocycles. The van der Waals surface area contributed by atoms with Crippen molar-refractivity contribution < 1.29 is 28.7 Å². The topological polar surface area (TPSA) is 86.7 Å². The van der Waals surface area contributed by atoms with Gasteiger partial charge in [-0.1, -0.05) is 6.08 Å². The molecule has 22 heavy (non-hydrogen) atoms. The maximum Gasteiger partial charge on any atom is 0.337 e. The highest BCUT2D eigenvalue weighted by Crippen LogP contribution is 2.24. The number of ether oxygens (including phenoxy) is 2. The summed E-state index contributed by atoms with van der Waals surface area (Å²) in [7, 11) is 2.49. The lowest BCUT2D eigenvalue weighted by Crippen LogP contribution is -2.13. The van der Waals surface area contributed by atoms with Gasteiger partial charge in [-0.3, -0.25) is 9.59 Å². The Kier molecular flexibility index (Phi) is 6.44. The third kappa shape index (κ3) is 5.12. The predicted molar refractivity (Wildman–Crippen MR) is 77.8 cm³/mol. The summed E-state index contributed by atoms with van der Waals surface area (Å²) in [4.78, 5) is 45.7. The molecule has 0 fully saturated rings. The Morgan fingerprint density at radius 2 is 1.73 bits per heavy atom. The zero-order chi connectivity index (χ0) is 16.7. The van der Waals surface area contributed by atoms with Crippen LogP contribution in [0.25, 0.3) is 0 Å². The molecule has 0 bridgehead atoms. The van der Waals surface area contributed by atoms with Gasteiger partial charge in [-0.25, -0.2) is 9.59 Å². The fourth-order valence-electron chi connectivity index (χ4n) is 1.97. The van der Waals surface area contributed by atoms with Crippen molar-refractivity contribution in [3.8, 4) is 0 Å². The fourth-order valence-corrected chi connectivity index (χ4v) is 1.97.